The lowest BCUT2D eigenvalue weighted by Crippen LogP contribution is -2.56. The van der Waals surface area contributed by atoms with Crippen molar-refractivity contribution in [1.29, 1.82) is 0 Å². The molecule has 1 saturated heterocycles. The van der Waals surface area contributed by atoms with Gasteiger partial charge in [0.1, 0.15) is 5.54 Å². The van der Waals surface area contributed by atoms with E-state index in [-0.39, 0.29) is 5.91 Å². The predicted octanol–water partition coefficient (Wildman–Crippen LogP) is 2.65. The average molecular weight is 333 g/mol. The van der Waals surface area contributed by atoms with E-state index in [1.54, 1.807) is 11.8 Å². The predicted molar refractivity (Wildman–Crippen MR) is 91.6 cm³/mol. The molecule has 0 bridgehead atoms. The van der Waals surface area contributed by atoms with Crippen molar-refractivity contribution in [2.75, 3.05) is 11.5 Å². The SMILES string of the molecule is O=C(CC1CCc2ccccc2C1)NC1(C(=O)O)CCSCC1. The Morgan fingerprint density at radius 1 is 1.22 bits per heavy atom. The molecule has 1 aliphatic heterocycles. The Hall–Kier alpha value is -1.49. The minimum atomic E-state index is -1.05. The standard InChI is InChI=1S/C18H23NO3S/c20-16(19-18(17(21)22)7-9-23-10-8-18)12-13-5-6-14-3-1-2-4-15(14)11-13/h1-4,13H,5-12H2,(H,19,20)(H,21,22). The van der Waals surface area contributed by atoms with E-state index in [1.165, 1.54) is 11.1 Å². The van der Waals surface area contributed by atoms with Gasteiger partial charge in [-0.2, -0.15) is 11.8 Å². The van der Waals surface area contributed by atoms with Gasteiger partial charge in [0.05, 0.1) is 0 Å². The highest BCUT2D eigenvalue weighted by atomic mass is 32.2. The van der Waals surface area contributed by atoms with Crippen LogP contribution in [0.2, 0.25) is 0 Å². The maximum absolute atomic E-state index is 12.4. The molecule has 1 aromatic rings. The monoisotopic (exact) mass is 333 g/mol. The fourth-order valence-corrected chi connectivity index (χ4v) is 4.83. The summed E-state index contributed by atoms with van der Waals surface area (Å²) >= 11 is 1.76. The first-order valence-electron chi connectivity index (χ1n) is 8.28. The van der Waals surface area contributed by atoms with Gasteiger partial charge in [-0.1, -0.05) is 24.3 Å². The van der Waals surface area contributed by atoms with Crippen LogP contribution in [0, 0.1) is 5.92 Å². The van der Waals surface area contributed by atoms with E-state index in [1.807, 2.05) is 6.07 Å². The number of aliphatic carboxylic acids is 1. The zero-order chi connectivity index (χ0) is 16.3. The molecule has 0 saturated carbocycles. The maximum Gasteiger partial charge on any atom is 0.329 e. The number of carboxylic acid groups (broad SMARTS) is 1. The van der Waals surface area contributed by atoms with Crippen molar-refractivity contribution in [3.63, 3.8) is 0 Å². The Morgan fingerprint density at radius 2 is 1.91 bits per heavy atom. The van der Waals surface area contributed by atoms with E-state index < -0.39 is 11.5 Å². The number of carboxylic acids is 1. The molecule has 0 radical (unpaired) electrons. The third-order valence-corrected chi connectivity index (χ3v) is 6.04. The largest absolute Gasteiger partial charge is 0.480 e. The van der Waals surface area contributed by atoms with Crippen LogP contribution < -0.4 is 5.32 Å². The average Bonchev–Trinajstić information content (AvgIpc) is 2.55. The van der Waals surface area contributed by atoms with Crippen molar-refractivity contribution in [3.8, 4) is 0 Å². The van der Waals surface area contributed by atoms with Crippen LogP contribution in [0.1, 0.15) is 36.8 Å². The summed E-state index contributed by atoms with van der Waals surface area (Å²) in [5.74, 6) is 0.907. The van der Waals surface area contributed by atoms with Crippen LogP contribution in [0.15, 0.2) is 24.3 Å². The molecule has 1 aromatic carbocycles. The normalized spacial score (nSPS) is 22.9. The van der Waals surface area contributed by atoms with Gasteiger partial charge in [-0.3, -0.25) is 4.79 Å². The van der Waals surface area contributed by atoms with Crippen LogP contribution in [-0.2, 0) is 22.4 Å². The van der Waals surface area contributed by atoms with Gasteiger partial charge in [0.25, 0.3) is 0 Å². The smallest absolute Gasteiger partial charge is 0.329 e. The number of amides is 1. The minimum absolute atomic E-state index is 0.108. The molecular weight excluding hydrogens is 310 g/mol. The van der Waals surface area contributed by atoms with E-state index >= 15 is 0 Å². The third kappa shape index (κ3) is 3.71. The van der Waals surface area contributed by atoms with Gasteiger partial charge in [-0.25, -0.2) is 4.79 Å². The van der Waals surface area contributed by atoms with Crippen LogP contribution in [-0.4, -0.2) is 34.0 Å². The number of carbonyl (C=O) groups is 2. The summed E-state index contributed by atoms with van der Waals surface area (Å²) in [6.07, 6.45) is 4.39. The summed E-state index contributed by atoms with van der Waals surface area (Å²) in [6, 6.07) is 8.39. The molecule has 1 unspecified atom stereocenters. The number of carbonyl (C=O) groups excluding carboxylic acids is 1. The van der Waals surface area contributed by atoms with E-state index in [0.717, 1.165) is 30.8 Å². The van der Waals surface area contributed by atoms with Crippen LogP contribution >= 0.6 is 11.8 Å². The molecule has 1 atom stereocenters. The van der Waals surface area contributed by atoms with Gasteiger partial charge in [0, 0.05) is 6.42 Å². The number of thioether (sulfide) groups is 1. The molecule has 2 N–H and O–H groups in total. The summed E-state index contributed by atoms with van der Waals surface area (Å²) in [5, 5.41) is 12.4. The van der Waals surface area contributed by atoms with Gasteiger partial charge in [0.15, 0.2) is 0 Å². The first-order valence-corrected chi connectivity index (χ1v) is 9.43. The highest BCUT2D eigenvalue weighted by Crippen LogP contribution is 2.30. The lowest BCUT2D eigenvalue weighted by Gasteiger charge is -2.34. The lowest BCUT2D eigenvalue weighted by atomic mass is 9.82. The van der Waals surface area contributed by atoms with Gasteiger partial charge in [-0.05, 0) is 60.7 Å². The maximum atomic E-state index is 12.4. The Morgan fingerprint density at radius 3 is 2.61 bits per heavy atom. The zero-order valence-electron chi connectivity index (χ0n) is 13.2. The molecule has 1 heterocycles. The molecular formula is C18H23NO3S. The molecule has 1 aliphatic carbocycles. The quantitative estimate of drug-likeness (QED) is 0.889. The lowest BCUT2D eigenvalue weighted by molar-refractivity contribution is -0.148. The van der Waals surface area contributed by atoms with Gasteiger partial charge >= 0.3 is 5.97 Å². The molecule has 1 amide bonds. The first-order chi connectivity index (χ1) is 11.1. The van der Waals surface area contributed by atoms with Crippen molar-refractivity contribution in [2.24, 2.45) is 5.92 Å². The number of aryl methyl sites for hydroxylation is 1. The van der Waals surface area contributed by atoms with E-state index in [9.17, 15) is 14.7 Å². The zero-order valence-corrected chi connectivity index (χ0v) is 14.0. The number of benzene rings is 1. The highest BCUT2D eigenvalue weighted by Gasteiger charge is 2.41. The second kappa shape index (κ2) is 6.95. The topological polar surface area (TPSA) is 66.4 Å². The van der Waals surface area contributed by atoms with Crippen LogP contribution in [0.25, 0.3) is 0 Å². The molecule has 0 spiro atoms. The van der Waals surface area contributed by atoms with Gasteiger partial charge < -0.3 is 10.4 Å². The fraction of sp³-hybridized carbons (Fsp3) is 0.556. The number of nitrogens with one attached hydrogen (secondary N) is 1. The Labute approximate surface area is 141 Å². The number of rotatable bonds is 4. The Balaban J connectivity index is 1.60. The second-order valence-electron chi connectivity index (χ2n) is 6.63. The first kappa shape index (κ1) is 16.4. The highest BCUT2D eigenvalue weighted by molar-refractivity contribution is 7.99. The second-order valence-corrected chi connectivity index (χ2v) is 7.85. The summed E-state index contributed by atoms with van der Waals surface area (Å²) < 4.78 is 0. The molecule has 0 aromatic heterocycles. The van der Waals surface area contributed by atoms with Crippen LogP contribution in [0.5, 0.6) is 0 Å². The summed E-state index contributed by atoms with van der Waals surface area (Å²) in [4.78, 5) is 24.1. The fourth-order valence-electron chi connectivity index (χ4n) is 3.64. The van der Waals surface area contributed by atoms with Crippen LogP contribution in [0.3, 0.4) is 0 Å². The molecule has 124 valence electrons. The molecule has 23 heavy (non-hydrogen) atoms. The van der Waals surface area contributed by atoms with Gasteiger partial charge in [0.2, 0.25) is 5.91 Å². The number of fused-ring (bicyclic) bond motifs is 1. The van der Waals surface area contributed by atoms with Crippen molar-refractivity contribution < 1.29 is 14.7 Å². The molecule has 3 rings (SSSR count). The van der Waals surface area contributed by atoms with E-state index in [4.69, 9.17) is 0 Å². The molecule has 5 heteroatoms. The number of hydrogen-bond donors (Lipinski definition) is 2. The van der Waals surface area contributed by atoms with Gasteiger partial charge in [-0.15, -0.1) is 0 Å². The third-order valence-electron chi connectivity index (χ3n) is 5.06. The summed E-state index contributed by atoms with van der Waals surface area (Å²) in [5.41, 5.74) is 1.67. The number of hydrogen-bond acceptors (Lipinski definition) is 3. The van der Waals surface area contributed by atoms with Crippen molar-refractivity contribution in [3.05, 3.63) is 35.4 Å². The molecule has 1 fully saturated rings. The van der Waals surface area contributed by atoms with E-state index in [2.05, 4.69) is 23.5 Å². The van der Waals surface area contributed by atoms with Crippen LogP contribution in [0.4, 0.5) is 0 Å². The Bertz CT molecular complexity index is 596. The van der Waals surface area contributed by atoms with E-state index in [0.29, 0.717) is 25.2 Å². The molecule has 4 nitrogen and oxygen atoms in total. The van der Waals surface area contributed by atoms with Crippen molar-refractivity contribution >= 4 is 23.6 Å². The minimum Gasteiger partial charge on any atom is -0.480 e. The Kier molecular flexibility index (Phi) is 4.95. The van der Waals surface area contributed by atoms with Crippen molar-refractivity contribution in [2.45, 2.75) is 44.1 Å². The summed E-state index contributed by atoms with van der Waals surface area (Å²) in [6.45, 7) is 0. The summed E-state index contributed by atoms with van der Waals surface area (Å²) in [7, 11) is 0. The molecule has 2 aliphatic rings. The van der Waals surface area contributed by atoms with Crippen molar-refractivity contribution in [1.82, 2.24) is 5.32 Å².